The number of aliphatic hydroxyl groups is 2. The van der Waals surface area contributed by atoms with Gasteiger partial charge in [-0.05, 0) is 0 Å². The normalized spacial score (nSPS) is 36.0. The van der Waals surface area contributed by atoms with Crippen LogP contribution in [-0.2, 0) is 27.8 Å². The summed E-state index contributed by atoms with van der Waals surface area (Å²) in [6.07, 6.45) is -4.54. The molecule has 7 N–H and O–H groups in total. The number of nitrogens with one attached hydrogen (secondary N) is 2. The minimum Gasteiger partial charge on any atom is -0.387 e. The van der Waals surface area contributed by atoms with Crippen LogP contribution >= 0.6 is 7.82 Å². The van der Waals surface area contributed by atoms with E-state index < -0.39 is 68.2 Å². The number of hydrogen-bond donors (Lipinski definition) is 6. The molecule has 3 saturated heterocycles. The van der Waals surface area contributed by atoms with Crippen molar-refractivity contribution >= 4 is 30.6 Å². The molecule has 4 aromatic heterocycles. The molecule has 21 heteroatoms. The van der Waals surface area contributed by atoms with Gasteiger partial charge >= 0.3 is 13.5 Å². The van der Waals surface area contributed by atoms with Gasteiger partial charge in [0, 0.05) is 12.0 Å². The number of nitrogen functional groups attached to an aromatic ring is 1. The SMILES string of the molecule is Nc1nc2c(ncn2C2OC3OCCC4(COP(=O)(O)OC2C3O)OC(c2cnn3c(=O)[nH]cnc23)C4O)c(=O)[nH]1. The number of H-pyrrole nitrogens is 2. The quantitative estimate of drug-likeness (QED) is 0.130. The van der Waals surface area contributed by atoms with Crippen molar-refractivity contribution in [3.8, 4) is 0 Å². The summed E-state index contributed by atoms with van der Waals surface area (Å²) < 4.78 is 43.3. The number of ether oxygens (including phenoxy) is 3. The predicted octanol–water partition coefficient (Wildman–Crippen LogP) is -2.56. The van der Waals surface area contributed by atoms with Crippen LogP contribution in [0.5, 0.6) is 0 Å². The average molecular weight is 595 g/mol. The Balaban J connectivity index is 1.15. The van der Waals surface area contributed by atoms with Gasteiger partial charge in [-0.3, -0.25) is 28.4 Å². The number of fused-ring (bicyclic) bond motifs is 4. The van der Waals surface area contributed by atoms with Crippen LogP contribution in [0.3, 0.4) is 0 Å². The molecular weight excluding hydrogens is 573 g/mol. The number of aliphatic hydroxyl groups excluding tert-OH is 2. The van der Waals surface area contributed by atoms with Gasteiger partial charge < -0.3 is 35.1 Å². The van der Waals surface area contributed by atoms with Crippen molar-refractivity contribution in [1.29, 1.82) is 0 Å². The Morgan fingerprint density at radius 1 is 1.22 bits per heavy atom. The average Bonchev–Trinajstić information content (AvgIpc) is 3.61. The number of anilines is 1. The summed E-state index contributed by atoms with van der Waals surface area (Å²) in [4.78, 5) is 51.5. The number of hydrogen-bond acceptors (Lipinski definition) is 15. The maximum Gasteiger partial charge on any atom is 0.472 e. The highest BCUT2D eigenvalue weighted by molar-refractivity contribution is 7.47. The Bertz CT molecular complexity index is 1820. The summed E-state index contributed by atoms with van der Waals surface area (Å²) in [5.74, 6) is -0.215. The van der Waals surface area contributed by atoms with Gasteiger partial charge in [0.25, 0.3) is 5.56 Å². The molecule has 3 fully saturated rings. The van der Waals surface area contributed by atoms with E-state index in [2.05, 4.69) is 30.0 Å². The molecule has 0 radical (unpaired) electrons. The third-order valence-electron chi connectivity index (χ3n) is 7.26. The minimum atomic E-state index is -4.94. The standard InChI is InChI=1S/C20H22N9O11P/c21-18-26-14-8(15(32)27-18)24-6-28(14)16-11-9(30)17(38-16)36-2-1-20(4-37-41(34,35)40-11)12(31)10(39-20)7-3-25-29-13(7)22-5-23-19(29)33/h3,5-6,9-12,16-17,30-31H,1-2,4H2,(H,34,35)(H,22,23,33)(H3,21,26,27,32). The van der Waals surface area contributed by atoms with Crippen LogP contribution < -0.4 is 17.0 Å². The van der Waals surface area contributed by atoms with Crippen molar-refractivity contribution < 1.29 is 42.9 Å². The molecule has 2 bridgehead atoms. The van der Waals surface area contributed by atoms with E-state index in [0.29, 0.717) is 5.56 Å². The van der Waals surface area contributed by atoms with Crippen molar-refractivity contribution in [1.82, 2.24) is 39.1 Å². The first-order valence-electron chi connectivity index (χ1n) is 12.2. The molecule has 3 aliphatic heterocycles. The first-order valence-corrected chi connectivity index (χ1v) is 13.7. The highest BCUT2D eigenvalue weighted by atomic mass is 31.2. The predicted molar refractivity (Wildman–Crippen MR) is 130 cm³/mol. The Morgan fingerprint density at radius 2 is 2.05 bits per heavy atom. The highest BCUT2D eigenvalue weighted by Crippen LogP contribution is 2.54. The second-order valence-electron chi connectivity index (χ2n) is 9.68. The molecule has 41 heavy (non-hydrogen) atoms. The van der Waals surface area contributed by atoms with E-state index in [1.54, 1.807) is 0 Å². The Labute approximate surface area is 226 Å². The fourth-order valence-corrected chi connectivity index (χ4v) is 6.19. The number of nitrogens with zero attached hydrogens (tertiary/aromatic N) is 6. The Morgan fingerprint density at radius 3 is 2.85 bits per heavy atom. The van der Waals surface area contributed by atoms with Crippen LogP contribution in [0, 0.1) is 0 Å². The van der Waals surface area contributed by atoms with Crippen molar-refractivity contribution in [3.05, 3.63) is 45.3 Å². The lowest BCUT2D eigenvalue weighted by molar-refractivity contribution is -0.311. The van der Waals surface area contributed by atoms with Gasteiger partial charge in [0.05, 0.1) is 32.1 Å². The van der Waals surface area contributed by atoms with E-state index >= 15 is 0 Å². The van der Waals surface area contributed by atoms with E-state index in [9.17, 15) is 29.3 Å². The lowest BCUT2D eigenvalue weighted by atomic mass is 9.81. The molecule has 0 saturated carbocycles. The molecule has 4 aromatic rings. The number of phosphoric ester groups is 1. The zero-order valence-electron chi connectivity index (χ0n) is 20.6. The van der Waals surface area contributed by atoms with Gasteiger partial charge in [0.1, 0.15) is 30.0 Å². The largest absolute Gasteiger partial charge is 0.472 e. The minimum absolute atomic E-state index is 0.0290. The van der Waals surface area contributed by atoms with Crippen LogP contribution in [0.2, 0.25) is 0 Å². The van der Waals surface area contributed by atoms with Gasteiger partial charge in [-0.1, -0.05) is 0 Å². The second kappa shape index (κ2) is 9.21. The monoisotopic (exact) mass is 595 g/mol. The van der Waals surface area contributed by atoms with E-state index in [0.717, 1.165) is 4.52 Å². The van der Waals surface area contributed by atoms with Gasteiger partial charge in [0.2, 0.25) is 5.95 Å². The first-order chi connectivity index (χ1) is 19.6. The van der Waals surface area contributed by atoms with Crippen molar-refractivity contribution in [2.45, 2.75) is 49.0 Å². The summed E-state index contributed by atoms with van der Waals surface area (Å²) in [6, 6.07) is 0. The molecular formula is C20H22N9O11P. The molecule has 218 valence electrons. The fourth-order valence-electron chi connectivity index (χ4n) is 5.21. The summed E-state index contributed by atoms with van der Waals surface area (Å²) >= 11 is 0. The van der Waals surface area contributed by atoms with E-state index in [1.165, 1.54) is 23.4 Å². The number of aromatic amines is 2. The van der Waals surface area contributed by atoms with Crippen LogP contribution in [-0.4, -0.2) is 97.6 Å². The van der Waals surface area contributed by atoms with Crippen LogP contribution in [0.25, 0.3) is 16.8 Å². The van der Waals surface area contributed by atoms with Crippen molar-refractivity contribution in [3.63, 3.8) is 0 Å². The van der Waals surface area contributed by atoms with E-state index in [-0.39, 0.29) is 35.8 Å². The third-order valence-corrected chi connectivity index (χ3v) is 8.23. The highest BCUT2D eigenvalue weighted by Gasteiger charge is 2.59. The Hall–Kier alpha value is -3.59. The molecule has 8 unspecified atom stereocenters. The molecule has 20 nitrogen and oxygen atoms in total. The van der Waals surface area contributed by atoms with Crippen LogP contribution in [0.15, 0.2) is 28.4 Å². The van der Waals surface area contributed by atoms with Gasteiger partial charge in [-0.15, -0.1) is 0 Å². The maximum absolute atomic E-state index is 13.1. The van der Waals surface area contributed by atoms with E-state index in [1.807, 2.05) is 0 Å². The lowest BCUT2D eigenvalue weighted by Crippen LogP contribution is -2.62. The van der Waals surface area contributed by atoms with Gasteiger partial charge in [-0.2, -0.15) is 14.6 Å². The second-order valence-corrected chi connectivity index (χ2v) is 11.1. The molecule has 0 aliphatic carbocycles. The topological polar surface area (TPSA) is 277 Å². The number of aromatic nitrogens is 8. The molecule has 0 aromatic carbocycles. The summed E-state index contributed by atoms with van der Waals surface area (Å²) in [6.45, 7) is -0.762. The molecule has 1 spiro atoms. The molecule has 3 aliphatic rings. The van der Waals surface area contributed by atoms with Crippen LogP contribution in [0.1, 0.15) is 24.3 Å². The molecule has 7 rings (SSSR count). The van der Waals surface area contributed by atoms with Crippen molar-refractivity contribution in [2.75, 3.05) is 18.9 Å². The first kappa shape index (κ1) is 26.3. The van der Waals surface area contributed by atoms with Crippen LogP contribution in [0.4, 0.5) is 5.95 Å². The fraction of sp³-hybridized carbons (Fsp3) is 0.500. The zero-order valence-corrected chi connectivity index (χ0v) is 21.5. The zero-order chi connectivity index (χ0) is 28.7. The number of phosphoric acid groups is 1. The maximum atomic E-state index is 13.1. The van der Waals surface area contributed by atoms with Gasteiger partial charge in [0.15, 0.2) is 29.3 Å². The number of rotatable bonds is 2. The summed E-state index contributed by atoms with van der Waals surface area (Å²) in [7, 11) is -4.94. The number of imidazole rings is 1. The van der Waals surface area contributed by atoms with Gasteiger partial charge in [-0.25, -0.2) is 19.3 Å². The summed E-state index contributed by atoms with van der Waals surface area (Å²) in [5.41, 5.74) is 3.30. The van der Waals surface area contributed by atoms with Crippen molar-refractivity contribution in [2.24, 2.45) is 0 Å². The number of nitrogens with two attached hydrogens (primary N) is 1. The Kier molecular flexibility index (Phi) is 5.91. The van der Waals surface area contributed by atoms with E-state index in [4.69, 9.17) is 29.0 Å². The lowest BCUT2D eigenvalue weighted by Gasteiger charge is -2.51. The smallest absolute Gasteiger partial charge is 0.387 e. The molecule has 7 heterocycles. The summed E-state index contributed by atoms with van der Waals surface area (Å²) in [5, 5.41) is 26.0. The molecule has 0 amide bonds. The third kappa shape index (κ3) is 4.11. The molecule has 8 atom stereocenters.